The molecule has 4 aliphatic rings. The summed E-state index contributed by atoms with van der Waals surface area (Å²) in [6.45, 7) is 10.1. The largest absolute Gasteiger partial charge is 0.478 e. The van der Waals surface area contributed by atoms with Gasteiger partial charge >= 0.3 is 11.9 Å². The van der Waals surface area contributed by atoms with Crippen LogP contribution in [0.2, 0.25) is 0 Å². The van der Waals surface area contributed by atoms with Gasteiger partial charge in [-0.1, -0.05) is 48.5 Å². The van der Waals surface area contributed by atoms with Crippen molar-refractivity contribution in [1.82, 2.24) is 0 Å². The summed E-state index contributed by atoms with van der Waals surface area (Å²) in [5.74, 6) is -1.27. The third-order valence-corrected chi connectivity index (χ3v) is 9.86. The molecule has 10 nitrogen and oxygen atoms in total. The molecule has 2 saturated heterocycles. The Morgan fingerprint density at radius 3 is 1.53 bits per heavy atom. The fourth-order valence-electron chi connectivity index (χ4n) is 7.14. The van der Waals surface area contributed by atoms with Crippen molar-refractivity contribution in [1.29, 1.82) is 0 Å². The fraction of sp³-hybridized carbons (Fsp3) is 0.317. The van der Waals surface area contributed by atoms with Gasteiger partial charge in [-0.3, -0.25) is 9.98 Å². The van der Waals surface area contributed by atoms with Gasteiger partial charge in [0.05, 0.1) is 67.5 Å². The van der Waals surface area contributed by atoms with Gasteiger partial charge in [0.2, 0.25) is 0 Å². The molecule has 4 aromatic carbocycles. The maximum atomic E-state index is 12.4. The quantitative estimate of drug-likeness (QED) is 0.229. The lowest BCUT2D eigenvalue weighted by atomic mass is 9.98. The summed E-state index contributed by atoms with van der Waals surface area (Å²) >= 11 is 0. The van der Waals surface area contributed by atoms with Crippen LogP contribution in [0.3, 0.4) is 0 Å². The van der Waals surface area contributed by atoms with Crippen molar-refractivity contribution in [3.8, 4) is 0 Å². The molecule has 0 amide bonds. The second-order valence-electron chi connectivity index (χ2n) is 13.1. The SMILES string of the molecule is COC(=O)c1cc(N2CCOCC2)cc2c1N=C(c1ccccc1C)C2.Cc1ccccc1C1=Nc2c(cc(N3CCOCC3)cc2C(=O)O)C1. The lowest BCUT2D eigenvalue weighted by Gasteiger charge is -2.29. The Morgan fingerprint density at radius 1 is 0.667 bits per heavy atom. The van der Waals surface area contributed by atoms with Gasteiger partial charge in [-0.2, -0.15) is 0 Å². The van der Waals surface area contributed by atoms with Crippen molar-refractivity contribution in [2.75, 3.05) is 69.5 Å². The van der Waals surface area contributed by atoms with Crippen molar-refractivity contribution < 1.29 is 28.9 Å². The van der Waals surface area contributed by atoms with E-state index in [4.69, 9.17) is 19.2 Å². The van der Waals surface area contributed by atoms with E-state index in [1.54, 1.807) is 6.07 Å². The number of benzene rings is 4. The number of aryl methyl sites for hydroxylation is 2. The molecule has 0 spiro atoms. The van der Waals surface area contributed by atoms with E-state index in [-0.39, 0.29) is 11.5 Å². The number of methoxy groups -OCH3 is 1. The molecule has 8 rings (SSSR count). The van der Waals surface area contributed by atoms with Crippen LogP contribution in [-0.4, -0.2) is 88.2 Å². The highest BCUT2D eigenvalue weighted by atomic mass is 16.5. The topological polar surface area (TPSA) is 113 Å². The molecule has 0 aromatic heterocycles. The Balaban J connectivity index is 0.000000159. The van der Waals surface area contributed by atoms with Gasteiger partial charge in [0, 0.05) is 50.4 Å². The molecule has 0 radical (unpaired) electrons. The molecule has 4 heterocycles. The summed E-state index contributed by atoms with van der Waals surface area (Å²) in [6.07, 6.45) is 1.39. The first kappa shape index (κ1) is 34.1. The first-order valence-electron chi connectivity index (χ1n) is 17.4. The van der Waals surface area contributed by atoms with Gasteiger partial charge in [-0.25, -0.2) is 9.59 Å². The standard InChI is InChI=1S/C21H22N2O3.C20H20N2O3/c1-14-5-3-4-6-17(14)19-12-15-11-16(23-7-9-26-10-8-23)13-18(20(15)22-19)21(24)25-2;1-13-4-2-3-5-16(13)18-11-14-10-15(22-6-8-25-9-7-22)12-17(20(23)24)19(14)21-18/h3-6,11,13H,7-10,12H2,1-2H3;2-5,10,12H,6-9,11H2,1H3,(H,23,24). The van der Waals surface area contributed by atoms with E-state index >= 15 is 0 Å². The third-order valence-electron chi connectivity index (χ3n) is 9.86. The summed E-state index contributed by atoms with van der Waals surface area (Å²) < 4.78 is 15.9. The van der Waals surface area contributed by atoms with Crippen molar-refractivity contribution >= 4 is 46.1 Å². The fourth-order valence-corrected chi connectivity index (χ4v) is 7.14. The zero-order valence-corrected chi connectivity index (χ0v) is 29.3. The van der Waals surface area contributed by atoms with E-state index in [1.807, 2.05) is 36.4 Å². The average molecular weight is 687 g/mol. The molecule has 0 atom stereocenters. The van der Waals surface area contributed by atoms with Gasteiger partial charge in [0.1, 0.15) is 0 Å². The minimum Gasteiger partial charge on any atom is -0.478 e. The van der Waals surface area contributed by atoms with Gasteiger partial charge in [-0.05, 0) is 71.5 Å². The number of morpholine rings is 2. The molecule has 0 saturated carbocycles. The Bertz CT molecular complexity index is 2040. The minimum atomic E-state index is -0.929. The number of carboxylic acid groups (broad SMARTS) is 1. The molecule has 0 unspecified atom stereocenters. The van der Waals surface area contributed by atoms with E-state index in [0.717, 1.165) is 88.9 Å². The van der Waals surface area contributed by atoms with E-state index in [0.29, 0.717) is 44.1 Å². The highest BCUT2D eigenvalue weighted by Gasteiger charge is 2.27. The predicted octanol–water partition coefficient (Wildman–Crippen LogP) is 6.50. The molecule has 262 valence electrons. The number of ether oxygens (including phenoxy) is 3. The maximum absolute atomic E-state index is 12.4. The minimum absolute atomic E-state index is 0.280. The monoisotopic (exact) mass is 686 g/mol. The second kappa shape index (κ2) is 14.9. The number of hydrogen-bond acceptors (Lipinski definition) is 9. The van der Waals surface area contributed by atoms with Crippen molar-refractivity contribution in [3.05, 3.63) is 117 Å². The van der Waals surface area contributed by atoms with Crippen molar-refractivity contribution in [2.45, 2.75) is 26.7 Å². The van der Waals surface area contributed by atoms with Crippen LogP contribution in [0.1, 0.15) is 54.1 Å². The number of esters is 1. The number of nitrogens with zero attached hydrogens (tertiary/aromatic N) is 4. The number of fused-ring (bicyclic) bond motifs is 2. The maximum Gasteiger partial charge on any atom is 0.340 e. The van der Waals surface area contributed by atoms with Gasteiger partial charge in [-0.15, -0.1) is 0 Å². The lowest BCUT2D eigenvalue weighted by Crippen LogP contribution is -2.36. The molecular weight excluding hydrogens is 644 g/mol. The summed E-state index contributed by atoms with van der Waals surface area (Å²) in [5.41, 5.74) is 12.7. The van der Waals surface area contributed by atoms with Crippen LogP contribution in [0.15, 0.2) is 82.8 Å². The summed E-state index contributed by atoms with van der Waals surface area (Å²) in [4.78, 5) is 38.1. The van der Waals surface area contributed by atoms with Crippen LogP contribution in [0.25, 0.3) is 0 Å². The summed E-state index contributed by atoms with van der Waals surface area (Å²) in [5, 5.41) is 9.67. The molecule has 4 aromatic rings. The number of rotatable bonds is 6. The molecular formula is C41H42N4O6. The highest BCUT2D eigenvalue weighted by Crippen LogP contribution is 2.38. The van der Waals surface area contributed by atoms with Gasteiger partial charge < -0.3 is 29.1 Å². The van der Waals surface area contributed by atoms with Crippen LogP contribution < -0.4 is 9.80 Å². The Kier molecular flexibility index (Phi) is 9.96. The number of hydrogen-bond donors (Lipinski definition) is 1. The number of aromatic carboxylic acids is 1. The van der Waals surface area contributed by atoms with E-state index in [1.165, 1.54) is 12.7 Å². The van der Waals surface area contributed by atoms with Crippen LogP contribution in [0, 0.1) is 13.8 Å². The Labute approximate surface area is 298 Å². The first-order chi connectivity index (χ1) is 24.8. The lowest BCUT2D eigenvalue weighted by molar-refractivity contribution is 0.0600. The van der Waals surface area contributed by atoms with Crippen molar-refractivity contribution in [2.24, 2.45) is 9.98 Å². The van der Waals surface area contributed by atoms with Gasteiger partial charge in [0.25, 0.3) is 0 Å². The molecule has 51 heavy (non-hydrogen) atoms. The summed E-state index contributed by atoms with van der Waals surface area (Å²) in [7, 11) is 1.41. The molecule has 1 N–H and O–H groups in total. The van der Waals surface area contributed by atoms with Crippen LogP contribution in [-0.2, 0) is 27.1 Å². The average Bonchev–Trinajstić information content (AvgIpc) is 3.80. The van der Waals surface area contributed by atoms with E-state index < -0.39 is 5.97 Å². The second-order valence-corrected chi connectivity index (χ2v) is 13.1. The summed E-state index contributed by atoms with van der Waals surface area (Å²) in [6, 6.07) is 24.2. The number of carbonyl (C=O) groups excluding carboxylic acids is 1. The van der Waals surface area contributed by atoms with E-state index in [9.17, 15) is 14.7 Å². The molecule has 0 bridgehead atoms. The Hall–Kier alpha value is -5.32. The van der Waals surface area contributed by atoms with Crippen LogP contribution >= 0.6 is 0 Å². The highest BCUT2D eigenvalue weighted by molar-refractivity contribution is 6.11. The molecule has 4 aliphatic heterocycles. The molecule has 2 fully saturated rings. The van der Waals surface area contributed by atoms with E-state index in [2.05, 4.69) is 59.0 Å². The zero-order chi connectivity index (χ0) is 35.5. The normalized spacial score (nSPS) is 16.4. The first-order valence-corrected chi connectivity index (χ1v) is 17.4. The number of carbonyl (C=O) groups is 2. The van der Waals surface area contributed by atoms with Crippen molar-refractivity contribution in [3.63, 3.8) is 0 Å². The molecule has 10 heteroatoms. The van der Waals surface area contributed by atoms with Gasteiger partial charge in [0.15, 0.2) is 0 Å². The number of anilines is 2. The predicted molar refractivity (Wildman–Crippen MR) is 199 cm³/mol. The number of aliphatic imine (C=N–C) groups is 2. The third kappa shape index (κ3) is 7.15. The smallest absolute Gasteiger partial charge is 0.340 e. The van der Waals surface area contributed by atoms with Crippen LogP contribution in [0.4, 0.5) is 22.7 Å². The molecule has 0 aliphatic carbocycles. The number of carboxylic acids is 1. The zero-order valence-electron chi connectivity index (χ0n) is 29.3. The Morgan fingerprint density at radius 2 is 1.10 bits per heavy atom. The van der Waals surface area contributed by atoms with Crippen LogP contribution in [0.5, 0.6) is 0 Å².